The molecule has 0 radical (unpaired) electrons. The van der Waals surface area contributed by atoms with Crippen molar-refractivity contribution in [3.05, 3.63) is 58.8 Å². The van der Waals surface area contributed by atoms with Crippen molar-refractivity contribution in [2.75, 3.05) is 0 Å². The van der Waals surface area contributed by atoms with E-state index in [2.05, 4.69) is 21.2 Å². The molecule has 2 nitrogen and oxygen atoms in total. The number of rotatable bonds is 1. The van der Waals surface area contributed by atoms with Crippen molar-refractivity contribution in [2.24, 2.45) is 7.05 Å². The van der Waals surface area contributed by atoms with E-state index in [0.29, 0.717) is 10.0 Å². The predicted octanol–water partition coefficient (Wildman–Crippen LogP) is 3.74. The average Bonchev–Trinajstić information content (AvgIpc) is 2.68. The van der Waals surface area contributed by atoms with Gasteiger partial charge in [-0.2, -0.15) is 0 Å². The molecule has 0 fully saturated rings. The van der Waals surface area contributed by atoms with Crippen LogP contribution in [0.1, 0.15) is 0 Å². The van der Waals surface area contributed by atoms with Gasteiger partial charge < -0.3 is 0 Å². The van der Waals surface area contributed by atoms with E-state index in [1.165, 1.54) is 0 Å². The van der Waals surface area contributed by atoms with E-state index in [1.807, 2.05) is 37.5 Å². The summed E-state index contributed by atoms with van der Waals surface area (Å²) in [7, 11) is 2.02. The molecule has 0 aliphatic carbocycles. The van der Waals surface area contributed by atoms with Crippen molar-refractivity contribution < 1.29 is 4.40 Å². The molecule has 90 valence electrons. The second-order valence-corrected chi connectivity index (χ2v) is 5.01. The molecule has 0 saturated heterocycles. The number of hydrogen-bond acceptors (Lipinski definition) is 0. The van der Waals surface area contributed by atoms with E-state index in [4.69, 9.17) is 23.2 Å². The molecule has 3 aromatic rings. The summed E-state index contributed by atoms with van der Waals surface area (Å²) in [5.41, 5.74) is 3.15. The van der Waals surface area contributed by atoms with Gasteiger partial charge >= 0.3 is 0 Å². The second-order valence-electron chi connectivity index (χ2n) is 4.16. The van der Waals surface area contributed by atoms with Gasteiger partial charge in [-0.05, 0) is 24.3 Å². The van der Waals surface area contributed by atoms with Gasteiger partial charge in [-0.15, -0.1) is 0 Å². The Labute approximate surface area is 115 Å². The highest BCUT2D eigenvalue weighted by molar-refractivity contribution is 6.36. The highest BCUT2D eigenvalue weighted by atomic mass is 35.5. The lowest BCUT2D eigenvalue weighted by Gasteiger charge is -2.01. The normalized spacial score (nSPS) is 11.1. The van der Waals surface area contributed by atoms with Crippen molar-refractivity contribution in [2.45, 2.75) is 0 Å². The van der Waals surface area contributed by atoms with Crippen LogP contribution in [0.25, 0.3) is 16.9 Å². The average molecular weight is 278 g/mol. The lowest BCUT2D eigenvalue weighted by atomic mass is 10.1. The van der Waals surface area contributed by atoms with E-state index in [1.54, 1.807) is 6.07 Å². The Morgan fingerprint density at radius 3 is 2.67 bits per heavy atom. The lowest BCUT2D eigenvalue weighted by Crippen LogP contribution is -2.17. The predicted molar refractivity (Wildman–Crippen MR) is 74.0 cm³/mol. The highest BCUT2D eigenvalue weighted by Gasteiger charge is 2.17. The summed E-state index contributed by atoms with van der Waals surface area (Å²) in [6.07, 6.45) is 4.08. The second kappa shape index (κ2) is 4.30. The number of nitrogens with zero attached hydrogens (tertiary/aromatic N) is 2. The smallest absolute Gasteiger partial charge is 0.226 e. The maximum atomic E-state index is 6.26. The number of hydrogen-bond donors (Lipinski definition) is 0. The molecule has 0 atom stereocenters. The third-order valence-corrected chi connectivity index (χ3v) is 3.59. The van der Waals surface area contributed by atoms with Crippen LogP contribution in [0.15, 0.2) is 48.8 Å². The van der Waals surface area contributed by atoms with E-state index < -0.39 is 0 Å². The Hall–Kier alpha value is -1.51. The summed E-state index contributed by atoms with van der Waals surface area (Å²) in [6, 6.07) is 11.6. The molecular weight excluding hydrogens is 267 g/mol. The summed E-state index contributed by atoms with van der Waals surface area (Å²) in [6.45, 7) is 0. The molecule has 4 heteroatoms. The first-order chi connectivity index (χ1) is 8.66. The van der Waals surface area contributed by atoms with Gasteiger partial charge in [-0.25, -0.2) is 8.97 Å². The molecule has 0 aliphatic heterocycles. The zero-order chi connectivity index (χ0) is 12.7. The number of halogens is 2. The molecule has 2 aromatic heterocycles. The third kappa shape index (κ3) is 1.78. The Kier molecular flexibility index (Phi) is 2.77. The molecule has 0 unspecified atom stereocenters. The Morgan fingerprint density at radius 2 is 1.94 bits per heavy atom. The van der Waals surface area contributed by atoms with E-state index in [-0.39, 0.29) is 0 Å². The Balaban J connectivity index is 2.28. The standard InChI is InChI=1S/C14H11Cl2N2/c1-17-13(9-18-7-3-2-4-14(17)18)11-6-5-10(15)8-12(11)16/h2-9H,1H3/q+1. The minimum atomic E-state index is 0.648. The quantitative estimate of drug-likeness (QED) is 0.600. The van der Waals surface area contributed by atoms with Crippen LogP contribution >= 0.6 is 23.2 Å². The molecule has 0 N–H and O–H groups in total. The van der Waals surface area contributed by atoms with Crippen LogP contribution in [0, 0.1) is 0 Å². The number of fused-ring (bicyclic) bond motifs is 1. The number of benzene rings is 1. The van der Waals surface area contributed by atoms with Crippen LogP contribution in [-0.4, -0.2) is 4.57 Å². The summed E-state index contributed by atoms with van der Waals surface area (Å²) in [4.78, 5) is 0. The van der Waals surface area contributed by atoms with Crippen LogP contribution in [0.2, 0.25) is 10.0 Å². The molecule has 3 rings (SSSR count). The van der Waals surface area contributed by atoms with E-state index >= 15 is 0 Å². The van der Waals surface area contributed by atoms with Gasteiger partial charge in [0.25, 0.3) is 5.65 Å². The Bertz CT molecular complexity index is 732. The number of pyridine rings is 1. The number of aromatic nitrogens is 2. The van der Waals surface area contributed by atoms with Crippen LogP contribution in [0.4, 0.5) is 0 Å². The third-order valence-electron chi connectivity index (χ3n) is 3.04. The lowest BCUT2D eigenvalue weighted by molar-refractivity contribution is -0.510. The Morgan fingerprint density at radius 1 is 1.11 bits per heavy atom. The minimum Gasteiger partial charge on any atom is -0.226 e. The first kappa shape index (κ1) is 11.6. The molecule has 18 heavy (non-hydrogen) atoms. The zero-order valence-electron chi connectivity index (χ0n) is 9.77. The van der Waals surface area contributed by atoms with Gasteiger partial charge in [-0.3, -0.25) is 0 Å². The molecule has 0 amide bonds. The van der Waals surface area contributed by atoms with E-state index in [9.17, 15) is 0 Å². The summed E-state index contributed by atoms with van der Waals surface area (Å²) < 4.78 is 4.18. The molecule has 1 aromatic carbocycles. The van der Waals surface area contributed by atoms with Crippen molar-refractivity contribution in [1.29, 1.82) is 0 Å². The van der Waals surface area contributed by atoms with Gasteiger partial charge in [0.15, 0.2) is 5.69 Å². The van der Waals surface area contributed by atoms with Crippen molar-refractivity contribution in [3.63, 3.8) is 0 Å². The molecule has 2 heterocycles. The van der Waals surface area contributed by atoms with Crippen LogP contribution in [-0.2, 0) is 7.05 Å². The van der Waals surface area contributed by atoms with Crippen molar-refractivity contribution in [1.82, 2.24) is 4.57 Å². The molecular formula is C14H11Cl2N2+. The van der Waals surface area contributed by atoms with Crippen LogP contribution in [0.3, 0.4) is 0 Å². The van der Waals surface area contributed by atoms with E-state index in [0.717, 1.165) is 16.9 Å². The molecule has 0 bridgehead atoms. The maximum absolute atomic E-state index is 6.26. The van der Waals surface area contributed by atoms with Gasteiger partial charge in [0.2, 0.25) is 0 Å². The fourth-order valence-corrected chi connectivity index (χ4v) is 2.64. The van der Waals surface area contributed by atoms with Gasteiger partial charge in [0.05, 0.1) is 18.3 Å². The first-order valence-corrected chi connectivity index (χ1v) is 6.33. The number of aryl methyl sites for hydroxylation is 1. The topological polar surface area (TPSA) is 9.03 Å². The van der Waals surface area contributed by atoms with Gasteiger partial charge in [0.1, 0.15) is 6.20 Å². The molecule has 0 saturated carbocycles. The molecule has 0 spiro atoms. The summed E-state index contributed by atoms with van der Waals surface area (Å²) in [5.74, 6) is 0. The van der Waals surface area contributed by atoms with Crippen LogP contribution < -0.4 is 4.40 Å². The largest absolute Gasteiger partial charge is 0.286 e. The summed E-state index contributed by atoms with van der Waals surface area (Å²) >= 11 is 12.2. The van der Waals surface area contributed by atoms with Gasteiger partial charge in [0, 0.05) is 16.7 Å². The summed E-state index contributed by atoms with van der Waals surface area (Å²) in [5, 5.41) is 1.31. The van der Waals surface area contributed by atoms with Crippen molar-refractivity contribution in [3.8, 4) is 11.3 Å². The fraction of sp³-hybridized carbons (Fsp3) is 0.0714. The molecule has 0 aliphatic rings. The highest BCUT2D eigenvalue weighted by Crippen LogP contribution is 2.30. The first-order valence-electron chi connectivity index (χ1n) is 5.58. The van der Waals surface area contributed by atoms with Gasteiger partial charge in [-0.1, -0.05) is 29.3 Å². The SMILES string of the molecule is Cn1c(-c2ccc(Cl)cc2Cl)c[n+]2ccccc12. The van der Waals surface area contributed by atoms with Crippen LogP contribution in [0.5, 0.6) is 0 Å². The number of imidazole rings is 1. The monoisotopic (exact) mass is 277 g/mol. The maximum Gasteiger partial charge on any atom is 0.286 e. The van der Waals surface area contributed by atoms with Crippen molar-refractivity contribution >= 4 is 28.8 Å². The minimum absolute atomic E-state index is 0.648. The fourth-order valence-electron chi connectivity index (χ4n) is 2.13. The zero-order valence-corrected chi connectivity index (χ0v) is 11.3.